The van der Waals surface area contributed by atoms with Crippen molar-refractivity contribution in [2.75, 3.05) is 53.0 Å². The van der Waals surface area contributed by atoms with Crippen LogP contribution in [0.15, 0.2) is 0 Å². The summed E-state index contributed by atoms with van der Waals surface area (Å²) >= 11 is 0. The molecule has 0 aliphatic carbocycles. The first-order valence-corrected chi connectivity index (χ1v) is 7.96. The van der Waals surface area contributed by atoms with Gasteiger partial charge in [-0.25, -0.2) is 0 Å². The van der Waals surface area contributed by atoms with E-state index in [-0.39, 0.29) is 5.54 Å². The summed E-state index contributed by atoms with van der Waals surface area (Å²) in [4.78, 5) is 5.20. The maximum absolute atomic E-state index is 6.24. The number of rotatable bonds is 4. The van der Waals surface area contributed by atoms with Crippen LogP contribution < -0.4 is 5.73 Å². The minimum atomic E-state index is 0.254. The molecule has 0 aromatic carbocycles. The summed E-state index contributed by atoms with van der Waals surface area (Å²) in [5.41, 5.74) is 6.49. The number of hydrogen-bond acceptors (Lipinski definition) is 4. The molecular formula is C15H29N3O. The summed E-state index contributed by atoms with van der Waals surface area (Å²) in [6.45, 7) is 7.67. The van der Waals surface area contributed by atoms with Crippen LogP contribution >= 0.6 is 0 Å². The third-order valence-electron chi connectivity index (χ3n) is 5.79. The molecule has 3 aliphatic rings. The zero-order valence-corrected chi connectivity index (χ0v) is 12.3. The van der Waals surface area contributed by atoms with Crippen LogP contribution in [-0.4, -0.2) is 68.3 Å². The molecule has 110 valence electrons. The summed E-state index contributed by atoms with van der Waals surface area (Å²) in [5, 5.41) is 0. The Morgan fingerprint density at radius 2 is 2.26 bits per heavy atom. The Balaban J connectivity index is 1.66. The monoisotopic (exact) mass is 267 g/mol. The zero-order valence-electron chi connectivity index (χ0n) is 12.3. The molecule has 4 unspecified atom stereocenters. The van der Waals surface area contributed by atoms with Gasteiger partial charge in [0.1, 0.15) is 0 Å². The predicted molar refractivity (Wildman–Crippen MR) is 77.1 cm³/mol. The van der Waals surface area contributed by atoms with Crippen molar-refractivity contribution in [2.24, 2.45) is 17.6 Å². The molecule has 4 atom stereocenters. The van der Waals surface area contributed by atoms with E-state index in [9.17, 15) is 0 Å². The molecule has 0 aromatic heterocycles. The van der Waals surface area contributed by atoms with E-state index in [1.807, 2.05) is 0 Å². The van der Waals surface area contributed by atoms with Gasteiger partial charge in [-0.1, -0.05) is 0 Å². The molecule has 0 radical (unpaired) electrons. The Morgan fingerprint density at radius 3 is 3.00 bits per heavy atom. The minimum Gasteiger partial charge on any atom is -0.381 e. The highest BCUT2D eigenvalue weighted by molar-refractivity contribution is 5.04. The molecular weight excluding hydrogens is 238 g/mol. The van der Waals surface area contributed by atoms with Crippen LogP contribution in [0.3, 0.4) is 0 Å². The first-order chi connectivity index (χ1) is 9.24. The van der Waals surface area contributed by atoms with E-state index in [2.05, 4.69) is 16.8 Å². The average Bonchev–Trinajstić information content (AvgIpc) is 2.84. The third kappa shape index (κ3) is 2.56. The van der Waals surface area contributed by atoms with Crippen LogP contribution in [-0.2, 0) is 4.74 Å². The standard InChI is InChI=1S/C15H29N3O/c1-17(9-13-3-2-8-19-11-13)15(12-16)5-7-18-6-4-14(15)10-18/h13-14H,2-12,16H2,1H3. The Labute approximate surface area is 117 Å². The molecule has 0 spiro atoms. The quantitative estimate of drug-likeness (QED) is 0.817. The minimum absolute atomic E-state index is 0.254. The van der Waals surface area contributed by atoms with Gasteiger partial charge in [0.25, 0.3) is 0 Å². The van der Waals surface area contributed by atoms with Gasteiger partial charge in [-0.05, 0) is 57.7 Å². The van der Waals surface area contributed by atoms with E-state index in [1.165, 1.54) is 45.3 Å². The molecule has 0 saturated carbocycles. The van der Waals surface area contributed by atoms with Crippen molar-refractivity contribution >= 4 is 0 Å². The number of piperidine rings is 1. The predicted octanol–water partition coefficient (Wildman–Crippen LogP) is 0.768. The van der Waals surface area contributed by atoms with E-state index in [0.717, 1.165) is 32.2 Å². The lowest BCUT2D eigenvalue weighted by Crippen LogP contribution is -2.62. The fraction of sp³-hybridized carbons (Fsp3) is 1.00. The van der Waals surface area contributed by atoms with Gasteiger partial charge in [-0.3, -0.25) is 4.90 Å². The second-order valence-electron chi connectivity index (χ2n) is 6.81. The van der Waals surface area contributed by atoms with Gasteiger partial charge in [0, 0.05) is 31.8 Å². The van der Waals surface area contributed by atoms with E-state index in [0.29, 0.717) is 5.92 Å². The summed E-state index contributed by atoms with van der Waals surface area (Å²) in [7, 11) is 2.30. The SMILES string of the molecule is CN(CC1CCCOC1)C1(CN)CCN2CCC1C2. The molecule has 3 fully saturated rings. The van der Waals surface area contributed by atoms with Crippen molar-refractivity contribution in [1.82, 2.24) is 9.80 Å². The Morgan fingerprint density at radius 1 is 1.37 bits per heavy atom. The van der Waals surface area contributed by atoms with Crippen LogP contribution in [0.25, 0.3) is 0 Å². The van der Waals surface area contributed by atoms with Gasteiger partial charge in [0.15, 0.2) is 0 Å². The Kier molecular flexibility index (Phi) is 4.13. The highest BCUT2D eigenvalue weighted by Crippen LogP contribution is 2.39. The first kappa shape index (κ1) is 13.8. The second-order valence-corrected chi connectivity index (χ2v) is 6.81. The largest absolute Gasteiger partial charge is 0.381 e. The number of ether oxygens (including phenoxy) is 1. The van der Waals surface area contributed by atoms with Crippen LogP contribution in [0.4, 0.5) is 0 Å². The maximum atomic E-state index is 6.24. The number of fused-ring (bicyclic) bond motifs is 2. The van der Waals surface area contributed by atoms with E-state index < -0.39 is 0 Å². The molecule has 3 heterocycles. The summed E-state index contributed by atoms with van der Waals surface area (Å²) in [6.07, 6.45) is 5.13. The van der Waals surface area contributed by atoms with Gasteiger partial charge in [0.2, 0.25) is 0 Å². The normalized spacial score (nSPS) is 42.8. The van der Waals surface area contributed by atoms with Crippen molar-refractivity contribution < 1.29 is 4.74 Å². The summed E-state index contributed by atoms with van der Waals surface area (Å²) in [6, 6.07) is 0. The first-order valence-electron chi connectivity index (χ1n) is 7.96. The van der Waals surface area contributed by atoms with Gasteiger partial charge in [-0.2, -0.15) is 0 Å². The Hall–Kier alpha value is -0.160. The van der Waals surface area contributed by atoms with E-state index in [1.54, 1.807) is 0 Å². The van der Waals surface area contributed by atoms with Gasteiger partial charge >= 0.3 is 0 Å². The number of hydrogen-bond donors (Lipinski definition) is 1. The van der Waals surface area contributed by atoms with Crippen LogP contribution in [0.1, 0.15) is 25.7 Å². The summed E-state index contributed by atoms with van der Waals surface area (Å²) in [5.74, 6) is 1.49. The molecule has 3 saturated heterocycles. The fourth-order valence-corrected chi connectivity index (χ4v) is 4.48. The van der Waals surface area contributed by atoms with Crippen LogP contribution in [0, 0.1) is 11.8 Å². The second kappa shape index (κ2) is 5.68. The van der Waals surface area contributed by atoms with Crippen molar-refractivity contribution in [3.05, 3.63) is 0 Å². The molecule has 4 nitrogen and oxygen atoms in total. The highest BCUT2D eigenvalue weighted by atomic mass is 16.5. The molecule has 2 N–H and O–H groups in total. The summed E-state index contributed by atoms with van der Waals surface area (Å²) < 4.78 is 5.63. The molecule has 2 bridgehead atoms. The number of nitrogens with two attached hydrogens (primary N) is 1. The molecule has 3 aliphatic heterocycles. The number of likely N-dealkylation sites (N-methyl/N-ethyl adjacent to an activating group) is 1. The lowest BCUT2D eigenvalue weighted by Gasteiger charge is -2.49. The fourth-order valence-electron chi connectivity index (χ4n) is 4.48. The van der Waals surface area contributed by atoms with Gasteiger partial charge in [0.05, 0.1) is 6.61 Å². The smallest absolute Gasteiger partial charge is 0.0506 e. The topological polar surface area (TPSA) is 41.7 Å². The third-order valence-corrected chi connectivity index (χ3v) is 5.79. The van der Waals surface area contributed by atoms with Crippen LogP contribution in [0.5, 0.6) is 0 Å². The average molecular weight is 267 g/mol. The van der Waals surface area contributed by atoms with Crippen molar-refractivity contribution in [3.63, 3.8) is 0 Å². The van der Waals surface area contributed by atoms with Crippen molar-refractivity contribution in [1.29, 1.82) is 0 Å². The highest BCUT2D eigenvalue weighted by Gasteiger charge is 2.47. The molecule has 0 amide bonds. The van der Waals surface area contributed by atoms with Gasteiger partial charge < -0.3 is 15.4 Å². The lowest BCUT2D eigenvalue weighted by molar-refractivity contribution is -0.0126. The van der Waals surface area contributed by atoms with Crippen LogP contribution in [0.2, 0.25) is 0 Å². The zero-order chi connectivity index (χ0) is 13.3. The molecule has 19 heavy (non-hydrogen) atoms. The van der Waals surface area contributed by atoms with Crippen molar-refractivity contribution in [3.8, 4) is 0 Å². The maximum Gasteiger partial charge on any atom is 0.0506 e. The van der Waals surface area contributed by atoms with Crippen molar-refractivity contribution in [2.45, 2.75) is 31.2 Å². The van der Waals surface area contributed by atoms with E-state index in [4.69, 9.17) is 10.5 Å². The molecule has 4 heteroatoms. The molecule has 0 aromatic rings. The van der Waals surface area contributed by atoms with Gasteiger partial charge in [-0.15, -0.1) is 0 Å². The van der Waals surface area contributed by atoms with E-state index >= 15 is 0 Å². The Bertz CT molecular complexity index is 306. The lowest BCUT2D eigenvalue weighted by atomic mass is 9.77. The molecule has 3 rings (SSSR count). The number of nitrogens with zero attached hydrogens (tertiary/aromatic N) is 2.